The summed E-state index contributed by atoms with van der Waals surface area (Å²) in [7, 11) is 0. The number of hydrogen-bond donors (Lipinski definition) is 4. The number of amides is 1. The van der Waals surface area contributed by atoms with Crippen molar-refractivity contribution in [2.75, 3.05) is 16.1 Å². The van der Waals surface area contributed by atoms with Crippen LogP contribution in [0.1, 0.15) is 34.8 Å². The highest BCUT2D eigenvalue weighted by atomic mass is 35.5. The van der Waals surface area contributed by atoms with E-state index in [2.05, 4.69) is 41.7 Å². The van der Waals surface area contributed by atoms with Gasteiger partial charge >= 0.3 is 0 Å². The Labute approximate surface area is 181 Å². The maximum Gasteiger partial charge on any atom is 0.295 e. The lowest BCUT2D eigenvalue weighted by atomic mass is 10.1. The Balaban J connectivity index is 1.36. The molecule has 0 unspecified atom stereocenters. The van der Waals surface area contributed by atoms with Crippen LogP contribution in [-0.2, 0) is 0 Å². The highest BCUT2D eigenvalue weighted by Gasteiger charge is 2.26. The molecule has 1 aliphatic carbocycles. The number of nitrogens with one attached hydrogen (secondary N) is 4. The molecular formula is C21H16ClN8O. The fourth-order valence-corrected chi connectivity index (χ4v) is 3.74. The van der Waals surface area contributed by atoms with Gasteiger partial charge in [-0.1, -0.05) is 11.6 Å². The summed E-state index contributed by atoms with van der Waals surface area (Å²) in [4.78, 5) is 20.9. The Morgan fingerprint density at radius 2 is 1.94 bits per heavy atom. The molecule has 1 radical (unpaired) electrons. The van der Waals surface area contributed by atoms with E-state index in [0.717, 1.165) is 22.6 Å². The van der Waals surface area contributed by atoms with Crippen molar-refractivity contribution in [2.24, 2.45) is 0 Å². The highest BCUT2D eigenvalue weighted by molar-refractivity contribution is 6.31. The number of aromatic amines is 1. The molecule has 1 saturated carbocycles. The van der Waals surface area contributed by atoms with Gasteiger partial charge in [-0.25, -0.2) is 4.98 Å². The van der Waals surface area contributed by atoms with Gasteiger partial charge in [-0.3, -0.25) is 15.3 Å². The minimum absolute atomic E-state index is 0.283. The van der Waals surface area contributed by atoms with Gasteiger partial charge in [0.1, 0.15) is 11.6 Å². The molecule has 0 bridgehead atoms. The van der Waals surface area contributed by atoms with Crippen molar-refractivity contribution in [3.05, 3.63) is 58.7 Å². The number of aromatic nitrogens is 4. The van der Waals surface area contributed by atoms with E-state index in [4.69, 9.17) is 11.6 Å². The van der Waals surface area contributed by atoms with E-state index in [9.17, 15) is 4.79 Å². The van der Waals surface area contributed by atoms with Gasteiger partial charge in [-0.15, -0.1) is 5.43 Å². The number of halogens is 1. The molecule has 2 aromatic heterocycles. The summed E-state index contributed by atoms with van der Waals surface area (Å²) in [6.07, 6.45) is 2.36. The molecule has 10 heteroatoms. The number of H-pyrrole nitrogens is 1. The van der Waals surface area contributed by atoms with Crippen LogP contribution < -0.4 is 21.5 Å². The number of carbonyl (C=O) groups is 1. The van der Waals surface area contributed by atoms with Crippen molar-refractivity contribution >= 4 is 57.4 Å². The Bertz CT molecular complexity index is 1350. The maximum atomic E-state index is 11.7. The van der Waals surface area contributed by atoms with Gasteiger partial charge < -0.3 is 10.6 Å². The Kier molecular flexibility index (Phi) is 3.97. The zero-order chi connectivity index (χ0) is 20.9. The number of nitrogens with zero attached hydrogens (tertiary/aromatic N) is 4. The molecule has 1 aliphatic heterocycles. The first-order valence-corrected chi connectivity index (χ1v) is 10.2. The summed E-state index contributed by atoms with van der Waals surface area (Å²) in [5, 5.41) is 15.4. The van der Waals surface area contributed by atoms with Crippen molar-refractivity contribution in [1.29, 1.82) is 0 Å². The van der Waals surface area contributed by atoms with E-state index in [0.29, 0.717) is 39.5 Å². The third-order valence-electron chi connectivity index (χ3n) is 5.29. The first kappa shape index (κ1) is 18.0. The SMILES string of the molecule is O=C1[N]Nc2cc(Nc3nc(Nc4cc(C5CC5)n[nH]4)c4ccc(Cl)cc4n3)ccc21. The number of anilines is 5. The van der Waals surface area contributed by atoms with Crippen LogP contribution in [0, 0.1) is 0 Å². The van der Waals surface area contributed by atoms with Crippen molar-refractivity contribution in [2.45, 2.75) is 18.8 Å². The van der Waals surface area contributed by atoms with E-state index in [1.165, 1.54) is 12.8 Å². The van der Waals surface area contributed by atoms with Crippen LogP contribution in [0.2, 0.25) is 5.02 Å². The lowest BCUT2D eigenvalue weighted by Crippen LogP contribution is -2.10. The van der Waals surface area contributed by atoms with Crippen molar-refractivity contribution in [3.8, 4) is 0 Å². The van der Waals surface area contributed by atoms with Gasteiger partial charge in [-0.05, 0) is 49.2 Å². The molecule has 3 heterocycles. The smallest absolute Gasteiger partial charge is 0.295 e. The molecule has 4 N–H and O–H groups in total. The number of fused-ring (bicyclic) bond motifs is 2. The molecular weight excluding hydrogens is 416 g/mol. The standard InChI is InChI=1S/C21H16ClN8O/c22-11-3-5-13-16(7-11)24-21(23-12-4-6-14-17(8-12)28-30-20(14)31)26-19(13)25-18-9-15(27-29-18)10-1-2-10/h3-10,28H,1-2H2,(H3,23,24,25,26,27,29). The van der Waals surface area contributed by atoms with E-state index in [1.54, 1.807) is 30.3 Å². The van der Waals surface area contributed by atoms with Crippen LogP contribution >= 0.6 is 11.6 Å². The largest absolute Gasteiger partial charge is 0.325 e. The van der Waals surface area contributed by atoms with Crippen molar-refractivity contribution < 1.29 is 4.79 Å². The summed E-state index contributed by atoms with van der Waals surface area (Å²) < 4.78 is 0. The van der Waals surface area contributed by atoms with Crippen LogP contribution in [0.3, 0.4) is 0 Å². The minimum Gasteiger partial charge on any atom is -0.325 e. The van der Waals surface area contributed by atoms with Crippen LogP contribution in [-0.4, -0.2) is 26.1 Å². The maximum absolute atomic E-state index is 11.7. The van der Waals surface area contributed by atoms with Gasteiger partial charge in [0.2, 0.25) is 5.95 Å². The van der Waals surface area contributed by atoms with Crippen molar-refractivity contribution in [3.63, 3.8) is 0 Å². The highest BCUT2D eigenvalue weighted by Crippen LogP contribution is 2.40. The molecule has 0 spiro atoms. The first-order valence-electron chi connectivity index (χ1n) is 9.84. The quantitative estimate of drug-likeness (QED) is 0.368. The van der Waals surface area contributed by atoms with Gasteiger partial charge in [0.25, 0.3) is 5.91 Å². The number of rotatable bonds is 5. The van der Waals surface area contributed by atoms with Crippen LogP contribution in [0.5, 0.6) is 0 Å². The van der Waals surface area contributed by atoms with E-state index in [-0.39, 0.29) is 5.91 Å². The van der Waals surface area contributed by atoms with E-state index in [1.807, 2.05) is 12.1 Å². The zero-order valence-corrected chi connectivity index (χ0v) is 16.9. The van der Waals surface area contributed by atoms with Crippen LogP contribution in [0.15, 0.2) is 42.5 Å². The second kappa shape index (κ2) is 6.85. The van der Waals surface area contributed by atoms with Crippen molar-refractivity contribution in [1.82, 2.24) is 25.6 Å². The van der Waals surface area contributed by atoms with Gasteiger partial charge in [0.05, 0.1) is 22.5 Å². The first-order chi connectivity index (χ1) is 15.1. The van der Waals surface area contributed by atoms with Crippen LogP contribution in [0.4, 0.5) is 29.0 Å². The molecule has 6 rings (SSSR count). The summed E-state index contributed by atoms with van der Waals surface area (Å²) in [5.41, 5.74) is 10.1. The fourth-order valence-electron chi connectivity index (χ4n) is 3.57. The van der Waals surface area contributed by atoms with Gasteiger partial charge in [0, 0.05) is 28.1 Å². The Hall–Kier alpha value is -3.85. The summed E-state index contributed by atoms with van der Waals surface area (Å²) in [6.45, 7) is 0. The Morgan fingerprint density at radius 3 is 2.81 bits per heavy atom. The van der Waals surface area contributed by atoms with E-state index < -0.39 is 0 Å². The zero-order valence-electron chi connectivity index (χ0n) is 16.1. The minimum atomic E-state index is -0.283. The molecule has 31 heavy (non-hydrogen) atoms. The predicted molar refractivity (Wildman–Crippen MR) is 118 cm³/mol. The summed E-state index contributed by atoms with van der Waals surface area (Å²) >= 11 is 6.20. The number of hydrogen-bond acceptors (Lipinski definition) is 7. The molecule has 0 saturated heterocycles. The molecule has 1 fully saturated rings. The van der Waals surface area contributed by atoms with Gasteiger partial charge in [-0.2, -0.15) is 10.1 Å². The second-order valence-electron chi connectivity index (χ2n) is 7.58. The Morgan fingerprint density at radius 1 is 1.03 bits per heavy atom. The predicted octanol–water partition coefficient (Wildman–Crippen LogP) is 4.46. The average Bonchev–Trinajstić information content (AvgIpc) is 3.40. The molecule has 2 aliphatic rings. The molecule has 1 amide bonds. The van der Waals surface area contributed by atoms with Gasteiger partial charge in [0.15, 0.2) is 0 Å². The topological polar surface area (TPSA) is 122 Å². The molecule has 4 aromatic rings. The van der Waals surface area contributed by atoms with E-state index >= 15 is 0 Å². The lowest BCUT2D eigenvalue weighted by molar-refractivity contribution is 0.0969. The number of benzene rings is 2. The normalized spacial score (nSPS) is 14.8. The molecule has 9 nitrogen and oxygen atoms in total. The lowest BCUT2D eigenvalue weighted by Gasteiger charge is -2.11. The summed E-state index contributed by atoms with van der Waals surface area (Å²) in [6, 6.07) is 12.8. The average molecular weight is 432 g/mol. The summed E-state index contributed by atoms with van der Waals surface area (Å²) in [5.74, 6) is 2.05. The van der Waals surface area contributed by atoms with Crippen LogP contribution in [0.25, 0.3) is 10.9 Å². The molecule has 2 aromatic carbocycles. The molecule has 0 atom stereocenters. The second-order valence-corrected chi connectivity index (χ2v) is 8.01. The third kappa shape index (κ3) is 3.38. The monoisotopic (exact) mass is 431 g/mol. The fraction of sp³-hybridized carbons (Fsp3) is 0.143. The number of carbonyl (C=O) groups excluding carboxylic acids is 1. The third-order valence-corrected chi connectivity index (χ3v) is 5.52. The molecule has 153 valence electrons.